The Kier molecular flexibility index (Phi) is 4.79. The Morgan fingerprint density at radius 3 is 2.54 bits per heavy atom. The standard InChI is InChI=1S/C19H14N4O2S/c1-2-7-15(8-3-1)9-4-12-20-23-18(16-10-5-13-24-16)21-22-19(23)26-17-11-6-14-25-17/h1-14H/b9-4+,20-12-. The zero-order chi connectivity index (χ0) is 17.6. The van der Waals surface area contributed by atoms with Gasteiger partial charge < -0.3 is 8.83 Å². The summed E-state index contributed by atoms with van der Waals surface area (Å²) in [5, 5.41) is 14.2. The van der Waals surface area contributed by atoms with Gasteiger partial charge in [-0.15, -0.1) is 10.2 Å². The molecular formula is C19H14N4O2S. The van der Waals surface area contributed by atoms with Crippen molar-refractivity contribution in [3.8, 4) is 11.6 Å². The topological polar surface area (TPSA) is 69.3 Å². The molecule has 4 aromatic rings. The Labute approximate surface area is 153 Å². The first kappa shape index (κ1) is 16.2. The van der Waals surface area contributed by atoms with E-state index in [-0.39, 0.29) is 0 Å². The second-order valence-corrected chi connectivity index (χ2v) is 6.14. The van der Waals surface area contributed by atoms with E-state index in [9.17, 15) is 0 Å². The first-order chi connectivity index (χ1) is 12.9. The molecule has 3 heterocycles. The summed E-state index contributed by atoms with van der Waals surface area (Å²) in [4.78, 5) is 0. The van der Waals surface area contributed by atoms with E-state index in [1.54, 1.807) is 29.5 Å². The van der Waals surface area contributed by atoms with E-state index in [0.717, 1.165) is 5.56 Å². The Morgan fingerprint density at radius 2 is 1.77 bits per heavy atom. The molecule has 4 rings (SSSR count). The molecule has 6 nitrogen and oxygen atoms in total. The minimum absolute atomic E-state index is 0.522. The lowest BCUT2D eigenvalue weighted by molar-refractivity contribution is 0.473. The van der Waals surface area contributed by atoms with Gasteiger partial charge in [-0.25, -0.2) is 0 Å². The van der Waals surface area contributed by atoms with Crippen LogP contribution in [0.15, 0.2) is 97.4 Å². The minimum atomic E-state index is 0.522. The lowest BCUT2D eigenvalue weighted by atomic mass is 10.2. The molecular weight excluding hydrogens is 348 g/mol. The van der Waals surface area contributed by atoms with E-state index in [0.29, 0.717) is 21.8 Å². The quantitative estimate of drug-likeness (QED) is 0.460. The van der Waals surface area contributed by atoms with Crippen molar-refractivity contribution in [2.24, 2.45) is 5.10 Å². The summed E-state index contributed by atoms with van der Waals surface area (Å²) >= 11 is 1.34. The maximum Gasteiger partial charge on any atom is 0.221 e. The Bertz CT molecular complexity index is 1000. The van der Waals surface area contributed by atoms with Crippen LogP contribution in [-0.4, -0.2) is 21.1 Å². The van der Waals surface area contributed by atoms with Crippen molar-refractivity contribution in [1.82, 2.24) is 14.9 Å². The normalized spacial score (nSPS) is 11.7. The maximum absolute atomic E-state index is 5.44. The van der Waals surface area contributed by atoms with Crippen LogP contribution >= 0.6 is 11.8 Å². The number of rotatable bonds is 6. The average molecular weight is 362 g/mol. The van der Waals surface area contributed by atoms with Gasteiger partial charge in [-0.2, -0.15) is 9.78 Å². The van der Waals surface area contributed by atoms with Gasteiger partial charge in [0.2, 0.25) is 11.0 Å². The molecule has 0 N–H and O–H groups in total. The Balaban J connectivity index is 1.62. The van der Waals surface area contributed by atoms with Crippen LogP contribution in [-0.2, 0) is 0 Å². The first-order valence-electron chi connectivity index (χ1n) is 7.87. The number of furan rings is 2. The highest BCUT2D eigenvalue weighted by Crippen LogP contribution is 2.29. The fraction of sp³-hybridized carbons (Fsp3) is 0. The first-order valence-corrected chi connectivity index (χ1v) is 8.68. The van der Waals surface area contributed by atoms with Crippen LogP contribution in [0.4, 0.5) is 0 Å². The summed E-state index contributed by atoms with van der Waals surface area (Å²) in [6.45, 7) is 0. The van der Waals surface area contributed by atoms with E-state index in [2.05, 4.69) is 15.3 Å². The Hall–Kier alpha value is -3.32. The second kappa shape index (κ2) is 7.71. The number of hydrogen-bond acceptors (Lipinski definition) is 6. The number of nitrogens with zero attached hydrogens (tertiary/aromatic N) is 4. The zero-order valence-electron chi connectivity index (χ0n) is 13.6. The van der Waals surface area contributed by atoms with E-state index in [4.69, 9.17) is 8.83 Å². The highest BCUT2D eigenvalue weighted by Gasteiger charge is 2.17. The monoisotopic (exact) mass is 362 g/mol. The van der Waals surface area contributed by atoms with Crippen LogP contribution in [0.2, 0.25) is 0 Å². The molecule has 26 heavy (non-hydrogen) atoms. The second-order valence-electron chi connectivity index (χ2n) is 5.16. The lowest BCUT2D eigenvalue weighted by Gasteiger charge is -2.00. The van der Waals surface area contributed by atoms with Crippen LogP contribution < -0.4 is 0 Å². The van der Waals surface area contributed by atoms with Gasteiger partial charge in [0.15, 0.2) is 10.9 Å². The SMILES string of the molecule is C(/C=C/c1ccccc1)=N/n1c(Sc2ccco2)nnc1-c1ccco1. The van der Waals surface area contributed by atoms with Gasteiger partial charge in [-0.1, -0.05) is 36.4 Å². The third-order valence-electron chi connectivity index (χ3n) is 3.40. The number of benzene rings is 1. The van der Waals surface area contributed by atoms with E-state index >= 15 is 0 Å². The highest BCUT2D eigenvalue weighted by molar-refractivity contribution is 7.99. The molecule has 0 saturated carbocycles. The molecule has 0 amide bonds. The lowest BCUT2D eigenvalue weighted by Crippen LogP contribution is -1.94. The van der Waals surface area contributed by atoms with Gasteiger partial charge in [0.25, 0.3) is 0 Å². The van der Waals surface area contributed by atoms with E-state index in [1.165, 1.54) is 11.8 Å². The number of hydrogen-bond donors (Lipinski definition) is 0. The van der Waals surface area contributed by atoms with E-state index in [1.807, 2.05) is 60.7 Å². The smallest absolute Gasteiger partial charge is 0.221 e. The highest BCUT2D eigenvalue weighted by atomic mass is 32.2. The van der Waals surface area contributed by atoms with Crippen LogP contribution in [0, 0.1) is 0 Å². The number of allylic oxidation sites excluding steroid dienone is 1. The van der Waals surface area contributed by atoms with Crippen LogP contribution in [0.25, 0.3) is 17.7 Å². The fourth-order valence-corrected chi connectivity index (χ4v) is 2.96. The van der Waals surface area contributed by atoms with Crippen molar-refractivity contribution in [2.45, 2.75) is 10.2 Å². The molecule has 1 aromatic carbocycles. The molecule has 7 heteroatoms. The molecule has 0 aliphatic carbocycles. The Morgan fingerprint density at radius 1 is 0.923 bits per heavy atom. The van der Waals surface area contributed by atoms with Gasteiger partial charge in [-0.3, -0.25) is 0 Å². The molecule has 0 bridgehead atoms. The molecule has 0 aliphatic rings. The van der Waals surface area contributed by atoms with E-state index < -0.39 is 0 Å². The number of aromatic nitrogens is 3. The summed E-state index contributed by atoms with van der Waals surface area (Å²) in [5.41, 5.74) is 1.10. The zero-order valence-corrected chi connectivity index (χ0v) is 14.4. The molecule has 0 unspecified atom stereocenters. The van der Waals surface area contributed by atoms with Crippen LogP contribution in [0.3, 0.4) is 0 Å². The summed E-state index contributed by atoms with van der Waals surface area (Å²) < 4.78 is 12.4. The molecule has 0 fully saturated rings. The van der Waals surface area contributed by atoms with Gasteiger partial charge in [0.05, 0.1) is 12.5 Å². The van der Waals surface area contributed by atoms with Crippen molar-refractivity contribution >= 4 is 24.1 Å². The maximum atomic E-state index is 5.44. The molecule has 0 aliphatic heterocycles. The molecule has 3 aromatic heterocycles. The van der Waals surface area contributed by atoms with Gasteiger partial charge >= 0.3 is 0 Å². The summed E-state index contributed by atoms with van der Waals surface area (Å²) in [6, 6.07) is 17.3. The largest absolute Gasteiger partial charge is 0.461 e. The van der Waals surface area contributed by atoms with Crippen molar-refractivity contribution in [2.75, 3.05) is 0 Å². The fourth-order valence-electron chi connectivity index (χ4n) is 2.23. The summed E-state index contributed by atoms with van der Waals surface area (Å²) in [7, 11) is 0. The van der Waals surface area contributed by atoms with Gasteiger partial charge in [0, 0.05) is 6.21 Å². The molecule has 0 atom stereocenters. The predicted octanol–water partition coefficient (Wildman–Crippen LogP) is 4.83. The molecule has 0 saturated heterocycles. The average Bonchev–Trinajstić information content (AvgIpc) is 3.42. The van der Waals surface area contributed by atoms with Crippen molar-refractivity contribution in [1.29, 1.82) is 0 Å². The van der Waals surface area contributed by atoms with Crippen molar-refractivity contribution in [3.05, 3.63) is 78.8 Å². The molecule has 0 spiro atoms. The minimum Gasteiger partial charge on any atom is -0.461 e. The van der Waals surface area contributed by atoms with Gasteiger partial charge in [-0.05, 0) is 47.7 Å². The molecule has 0 radical (unpaired) electrons. The third-order valence-corrected chi connectivity index (χ3v) is 4.27. The van der Waals surface area contributed by atoms with Gasteiger partial charge in [0.1, 0.15) is 0 Å². The third kappa shape index (κ3) is 3.68. The predicted molar refractivity (Wildman–Crippen MR) is 99.9 cm³/mol. The summed E-state index contributed by atoms with van der Waals surface area (Å²) in [6.07, 6.45) is 8.73. The van der Waals surface area contributed by atoms with Crippen molar-refractivity contribution < 1.29 is 8.83 Å². The van der Waals surface area contributed by atoms with Crippen LogP contribution in [0.5, 0.6) is 0 Å². The summed E-state index contributed by atoms with van der Waals surface area (Å²) in [5.74, 6) is 1.11. The van der Waals surface area contributed by atoms with Crippen LogP contribution in [0.1, 0.15) is 5.56 Å². The van der Waals surface area contributed by atoms with Crippen molar-refractivity contribution in [3.63, 3.8) is 0 Å². The molecule has 128 valence electrons.